The van der Waals surface area contributed by atoms with Crippen LogP contribution in [0.15, 0.2) is 0 Å². The molecule has 0 saturated heterocycles. The van der Waals surface area contributed by atoms with Gasteiger partial charge in [0.1, 0.15) is 10.8 Å². The summed E-state index contributed by atoms with van der Waals surface area (Å²) in [5.41, 5.74) is 7.01. The van der Waals surface area contributed by atoms with Crippen LogP contribution in [0.4, 0.5) is 10.8 Å². The number of anilines is 2. The van der Waals surface area contributed by atoms with Gasteiger partial charge in [-0.1, -0.05) is 0 Å². The maximum atomic E-state index is 11.4. The van der Waals surface area contributed by atoms with E-state index in [1.54, 1.807) is 19.0 Å². The molecule has 5 nitrogen and oxygen atoms in total. The average Bonchev–Trinajstić information content (AvgIpc) is 3.04. The first kappa shape index (κ1) is 12.2. The van der Waals surface area contributed by atoms with E-state index in [1.807, 2.05) is 0 Å². The van der Waals surface area contributed by atoms with Gasteiger partial charge in [0, 0.05) is 32.6 Å². The normalized spacial score (nSPS) is 14.7. The number of nitrogens with zero attached hydrogens (tertiary/aromatic N) is 2. The highest BCUT2D eigenvalue weighted by Gasteiger charge is 2.30. The van der Waals surface area contributed by atoms with Gasteiger partial charge >= 0.3 is 0 Å². The zero-order valence-electron chi connectivity index (χ0n) is 10.2. The van der Waals surface area contributed by atoms with Gasteiger partial charge in [0.05, 0.1) is 0 Å². The highest BCUT2D eigenvalue weighted by molar-refractivity contribution is 7.10. The maximum absolute atomic E-state index is 11.4. The van der Waals surface area contributed by atoms with Gasteiger partial charge in [-0.25, -0.2) is 0 Å². The van der Waals surface area contributed by atoms with Crippen LogP contribution in [0.25, 0.3) is 0 Å². The molecule has 0 atom stereocenters. The predicted octanol–water partition coefficient (Wildman–Crippen LogP) is 1.49. The first-order chi connectivity index (χ1) is 8.09. The van der Waals surface area contributed by atoms with Crippen molar-refractivity contribution in [1.29, 1.82) is 0 Å². The van der Waals surface area contributed by atoms with Gasteiger partial charge in [0.2, 0.25) is 5.91 Å². The second-order valence-corrected chi connectivity index (χ2v) is 5.32. The number of hydrogen-bond acceptors (Lipinski definition) is 5. The Morgan fingerprint density at radius 1 is 1.59 bits per heavy atom. The van der Waals surface area contributed by atoms with E-state index in [0.29, 0.717) is 24.7 Å². The Morgan fingerprint density at radius 2 is 2.29 bits per heavy atom. The third-order valence-corrected chi connectivity index (χ3v) is 3.70. The molecule has 6 heteroatoms. The third kappa shape index (κ3) is 2.88. The number of nitrogen functional groups attached to an aromatic ring is 1. The first-order valence-corrected chi connectivity index (χ1v) is 6.56. The van der Waals surface area contributed by atoms with E-state index < -0.39 is 0 Å². The molecule has 0 unspecified atom stereocenters. The molecule has 3 N–H and O–H groups in total. The molecule has 1 aliphatic carbocycles. The van der Waals surface area contributed by atoms with E-state index >= 15 is 0 Å². The van der Waals surface area contributed by atoms with Crippen molar-refractivity contribution in [2.75, 3.05) is 31.7 Å². The molecule has 1 amide bonds. The fraction of sp³-hybridized carbons (Fsp3) is 0.636. The number of carbonyl (C=O) groups is 1. The summed E-state index contributed by atoms with van der Waals surface area (Å²) in [6.45, 7) is 0.637. The number of amides is 1. The van der Waals surface area contributed by atoms with E-state index in [9.17, 15) is 4.79 Å². The largest absolute Gasteiger partial charge is 0.383 e. The SMILES string of the molecule is CN(C)C(=O)CCNc1snc(N)c1C1CC1. The lowest BCUT2D eigenvalue weighted by atomic mass is 10.2. The van der Waals surface area contributed by atoms with Crippen molar-refractivity contribution in [3.8, 4) is 0 Å². The summed E-state index contributed by atoms with van der Waals surface area (Å²) in [7, 11) is 3.53. The molecule has 2 rings (SSSR count). The number of nitrogens with one attached hydrogen (secondary N) is 1. The summed E-state index contributed by atoms with van der Waals surface area (Å²) in [5.74, 6) is 1.36. The number of carbonyl (C=O) groups excluding carboxylic acids is 1. The Morgan fingerprint density at radius 3 is 2.88 bits per heavy atom. The minimum Gasteiger partial charge on any atom is -0.383 e. The number of aromatic nitrogens is 1. The Labute approximate surface area is 105 Å². The molecular formula is C11H18N4OS. The molecule has 0 aromatic carbocycles. The van der Waals surface area contributed by atoms with Gasteiger partial charge in [0.15, 0.2) is 0 Å². The second-order valence-electron chi connectivity index (χ2n) is 4.55. The molecule has 94 valence electrons. The van der Waals surface area contributed by atoms with Gasteiger partial charge in [-0.3, -0.25) is 4.79 Å². The van der Waals surface area contributed by atoms with Crippen molar-refractivity contribution >= 4 is 28.3 Å². The summed E-state index contributed by atoms with van der Waals surface area (Å²) < 4.78 is 4.17. The minimum atomic E-state index is 0.128. The van der Waals surface area contributed by atoms with Crippen LogP contribution in [-0.4, -0.2) is 35.8 Å². The molecule has 1 saturated carbocycles. The van der Waals surface area contributed by atoms with Crippen molar-refractivity contribution in [2.45, 2.75) is 25.2 Å². The topological polar surface area (TPSA) is 71.2 Å². The monoisotopic (exact) mass is 254 g/mol. The summed E-state index contributed by atoms with van der Waals surface area (Å²) in [6.07, 6.45) is 2.90. The van der Waals surface area contributed by atoms with Crippen LogP contribution in [0.1, 0.15) is 30.7 Å². The summed E-state index contributed by atoms with van der Waals surface area (Å²) in [5, 5.41) is 4.31. The first-order valence-electron chi connectivity index (χ1n) is 5.78. The van der Waals surface area contributed by atoms with Crippen LogP contribution >= 0.6 is 11.5 Å². The van der Waals surface area contributed by atoms with Crippen LogP contribution in [0, 0.1) is 0 Å². The third-order valence-electron chi connectivity index (χ3n) is 2.86. The van der Waals surface area contributed by atoms with Gasteiger partial charge in [-0.15, -0.1) is 0 Å². The predicted molar refractivity (Wildman–Crippen MR) is 70.3 cm³/mol. The second kappa shape index (κ2) is 4.91. The van der Waals surface area contributed by atoms with Crippen molar-refractivity contribution in [3.05, 3.63) is 5.56 Å². The highest BCUT2D eigenvalue weighted by atomic mass is 32.1. The van der Waals surface area contributed by atoms with Crippen molar-refractivity contribution in [2.24, 2.45) is 0 Å². The van der Waals surface area contributed by atoms with Crippen LogP contribution in [0.2, 0.25) is 0 Å². The molecule has 17 heavy (non-hydrogen) atoms. The molecule has 0 aliphatic heterocycles. The fourth-order valence-corrected chi connectivity index (χ4v) is 2.53. The van der Waals surface area contributed by atoms with Crippen LogP contribution in [0.5, 0.6) is 0 Å². The standard InChI is InChI=1S/C11H18N4OS/c1-15(2)8(16)5-6-13-11-9(7-3-4-7)10(12)14-17-11/h7,13H,3-6H2,1-2H3,(H2,12,14). The average molecular weight is 254 g/mol. The molecule has 1 fully saturated rings. The molecule has 1 aromatic rings. The van der Waals surface area contributed by atoms with Crippen molar-refractivity contribution in [3.63, 3.8) is 0 Å². The molecular weight excluding hydrogens is 236 g/mol. The fourth-order valence-electron chi connectivity index (χ4n) is 1.71. The van der Waals surface area contributed by atoms with Gasteiger partial charge in [0.25, 0.3) is 0 Å². The van der Waals surface area contributed by atoms with E-state index in [-0.39, 0.29) is 5.91 Å². The zero-order chi connectivity index (χ0) is 12.4. The lowest BCUT2D eigenvalue weighted by Gasteiger charge is -2.10. The van der Waals surface area contributed by atoms with Crippen LogP contribution in [0.3, 0.4) is 0 Å². The number of nitrogens with two attached hydrogens (primary N) is 1. The van der Waals surface area contributed by atoms with E-state index in [4.69, 9.17) is 5.73 Å². The van der Waals surface area contributed by atoms with Crippen molar-refractivity contribution < 1.29 is 4.79 Å². The molecule has 0 bridgehead atoms. The molecule has 1 heterocycles. The van der Waals surface area contributed by atoms with Gasteiger partial charge in [-0.2, -0.15) is 4.37 Å². The zero-order valence-corrected chi connectivity index (χ0v) is 11.0. The maximum Gasteiger partial charge on any atom is 0.223 e. The van der Waals surface area contributed by atoms with E-state index in [2.05, 4.69) is 9.69 Å². The Hall–Kier alpha value is -1.30. The highest BCUT2D eigenvalue weighted by Crippen LogP contribution is 2.47. The van der Waals surface area contributed by atoms with Crippen molar-refractivity contribution in [1.82, 2.24) is 9.27 Å². The summed E-state index contributed by atoms with van der Waals surface area (Å²) in [4.78, 5) is 13.0. The molecule has 1 aromatic heterocycles. The Balaban J connectivity index is 1.89. The van der Waals surface area contributed by atoms with Crippen LogP contribution in [-0.2, 0) is 4.79 Å². The number of rotatable bonds is 5. The summed E-state index contributed by atoms with van der Waals surface area (Å²) in [6, 6.07) is 0. The van der Waals surface area contributed by atoms with E-state index in [0.717, 1.165) is 10.6 Å². The van der Waals surface area contributed by atoms with E-state index in [1.165, 1.54) is 24.4 Å². The van der Waals surface area contributed by atoms with Gasteiger partial charge in [-0.05, 0) is 30.3 Å². The Bertz CT molecular complexity index is 412. The quantitative estimate of drug-likeness (QED) is 0.835. The lowest BCUT2D eigenvalue weighted by Crippen LogP contribution is -2.23. The molecule has 1 aliphatic rings. The minimum absolute atomic E-state index is 0.128. The lowest BCUT2D eigenvalue weighted by molar-refractivity contribution is -0.128. The smallest absolute Gasteiger partial charge is 0.223 e. The van der Waals surface area contributed by atoms with Crippen LogP contribution < -0.4 is 11.1 Å². The Kier molecular flexibility index (Phi) is 3.51. The summed E-state index contributed by atoms with van der Waals surface area (Å²) >= 11 is 1.39. The number of hydrogen-bond donors (Lipinski definition) is 2. The molecule has 0 spiro atoms. The van der Waals surface area contributed by atoms with Gasteiger partial charge < -0.3 is 16.0 Å². The molecule has 0 radical (unpaired) electrons.